The molecule has 0 aliphatic carbocycles. The van der Waals surface area contributed by atoms with Crippen LogP contribution in [0.25, 0.3) is 22.2 Å². The second kappa shape index (κ2) is 8.64. The number of methoxy groups -OCH3 is 2. The Morgan fingerprint density at radius 2 is 1.70 bits per heavy atom. The van der Waals surface area contributed by atoms with Gasteiger partial charge in [-0.2, -0.15) is 0 Å². The van der Waals surface area contributed by atoms with Crippen molar-refractivity contribution in [1.29, 1.82) is 0 Å². The number of aryl methyl sites for hydroxylation is 1. The van der Waals surface area contributed by atoms with E-state index in [0.717, 1.165) is 39.0 Å². The van der Waals surface area contributed by atoms with Crippen LogP contribution in [-0.2, 0) is 6.54 Å². The Morgan fingerprint density at radius 3 is 2.47 bits per heavy atom. The number of nitrogens with zero attached hydrogens (tertiary/aromatic N) is 1. The first-order chi connectivity index (χ1) is 14.6. The minimum Gasteiger partial charge on any atom is -0.493 e. The van der Waals surface area contributed by atoms with Crippen LogP contribution in [0.3, 0.4) is 0 Å². The number of hydrogen-bond donors (Lipinski definition) is 1. The number of nitrogens with one attached hydrogen (secondary N) is 1. The van der Waals surface area contributed by atoms with E-state index < -0.39 is 0 Å². The third-order valence-electron chi connectivity index (χ3n) is 5.12. The van der Waals surface area contributed by atoms with E-state index in [1.54, 1.807) is 14.2 Å². The highest BCUT2D eigenvalue weighted by Gasteiger charge is 2.13. The molecule has 0 unspecified atom stereocenters. The lowest BCUT2D eigenvalue weighted by Gasteiger charge is -2.15. The van der Waals surface area contributed by atoms with Crippen molar-refractivity contribution in [2.24, 2.45) is 0 Å². The molecule has 0 aliphatic rings. The van der Waals surface area contributed by atoms with Crippen molar-refractivity contribution in [3.63, 3.8) is 0 Å². The topological polar surface area (TPSA) is 43.4 Å². The second-order valence-electron chi connectivity index (χ2n) is 7.05. The Hall–Kier alpha value is -3.24. The first-order valence-corrected chi connectivity index (χ1v) is 10.1. The summed E-state index contributed by atoms with van der Waals surface area (Å²) in [6.45, 7) is 2.67. The molecule has 152 valence electrons. The maximum atomic E-state index is 6.52. The summed E-state index contributed by atoms with van der Waals surface area (Å²) in [6, 6.07) is 22.0. The van der Waals surface area contributed by atoms with Crippen molar-refractivity contribution in [2.45, 2.75) is 13.5 Å². The SMILES string of the molecule is COc1ccc(NCc2cc3cccc(C)c3nc2-c2ccccc2Cl)cc1OC. The summed E-state index contributed by atoms with van der Waals surface area (Å²) in [5.41, 5.74) is 5.93. The first kappa shape index (κ1) is 20.0. The molecule has 0 saturated heterocycles. The first-order valence-electron chi connectivity index (χ1n) is 9.70. The molecule has 1 N–H and O–H groups in total. The lowest BCUT2D eigenvalue weighted by molar-refractivity contribution is 0.355. The molecule has 1 heterocycles. The van der Waals surface area contributed by atoms with Gasteiger partial charge in [-0.05, 0) is 42.3 Å². The number of fused-ring (bicyclic) bond motifs is 1. The number of para-hydroxylation sites is 1. The summed E-state index contributed by atoms with van der Waals surface area (Å²) in [5.74, 6) is 1.38. The summed E-state index contributed by atoms with van der Waals surface area (Å²) >= 11 is 6.52. The van der Waals surface area contributed by atoms with E-state index in [4.69, 9.17) is 26.1 Å². The van der Waals surface area contributed by atoms with Crippen LogP contribution >= 0.6 is 11.6 Å². The Bertz CT molecular complexity index is 1210. The zero-order valence-electron chi connectivity index (χ0n) is 17.2. The number of hydrogen-bond acceptors (Lipinski definition) is 4. The van der Waals surface area contributed by atoms with Gasteiger partial charge in [-0.15, -0.1) is 0 Å². The van der Waals surface area contributed by atoms with Gasteiger partial charge in [0, 0.05) is 34.3 Å². The van der Waals surface area contributed by atoms with Gasteiger partial charge in [0.05, 0.1) is 25.4 Å². The number of anilines is 1. The molecule has 5 heteroatoms. The third kappa shape index (κ3) is 3.91. The number of rotatable bonds is 6. The molecule has 0 spiro atoms. The van der Waals surface area contributed by atoms with Gasteiger partial charge in [-0.3, -0.25) is 0 Å². The van der Waals surface area contributed by atoms with Crippen LogP contribution in [-0.4, -0.2) is 19.2 Å². The van der Waals surface area contributed by atoms with E-state index in [1.807, 2.05) is 42.5 Å². The molecule has 4 rings (SSSR count). The summed E-state index contributed by atoms with van der Waals surface area (Å²) in [5, 5.41) is 5.27. The van der Waals surface area contributed by atoms with Crippen molar-refractivity contribution in [3.05, 3.63) is 82.9 Å². The number of ether oxygens (including phenoxy) is 2. The highest BCUT2D eigenvalue weighted by Crippen LogP contribution is 2.33. The molecule has 3 aromatic carbocycles. The van der Waals surface area contributed by atoms with Crippen LogP contribution in [0.15, 0.2) is 66.7 Å². The van der Waals surface area contributed by atoms with Gasteiger partial charge >= 0.3 is 0 Å². The molecule has 0 atom stereocenters. The van der Waals surface area contributed by atoms with Crippen LogP contribution in [0, 0.1) is 6.92 Å². The molecule has 0 saturated carbocycles. The molecule has 0 bridgehead atoms. The summed E-state index contributed by atoms with van der Waals surface area (Å²) < 4.78 is 10.7. The van der Waals surface area contributed by atoms with Gasteiger partial charge < -0.3 is 14.8 Å². The third-order valence-corrected chi connectivity index (χ3v) is 5.45. The average Bonchev–Trinajstić information content (AvgIpc) is 2.77. The summed E-state index contributed by atoms with van der Waals surface area (Å²) in [6.07, 6.45) is 0. The van der Waals surface area contributed by atoms with Gasteiger partial charge in [-0.25, -0.2) is 4.98 Å². The summed E-state index contributed by atoms with van der Waals surface area (Å²) in [7, 11) is 3.26. The van der Waals surface area contributed by atoms with Crippen LogP contribution < -0.4 is 14.8 Å². The van der Waals surface area contributed by atoms with Crippen molar-refractivity contribution >= 4 is 28.2 Å². The predicted octanol–water partition coefficient (Wildman–Crippen LogP) is 6.49. The lowest BCUT2D eigenvalue weighted by Crippen LogP contribution is -2.04. The maximum absolute atomic E-state index is 6.52. The lowest BCUT2D eigenvalue weighted by atomic mass is 10.0. The average molecular weight is 419 g/mol. The smallest absolute Gasteiger partial charge is 0.162 e. The van der Waals surface area contributed by atoms with Crippen molar-refractivity contribution < 1.29 is 9.47 Å². The predicted molar refractivity (Wildman–Crippen MR) is 124 cm³/mol. The van der Waals surface area contributed by atoms with Crippen LogP contribution in [0.1, 0.15) is 11.1 Å². The molecule has 0 aliphatic heterocycles. The van der Waals surface area contributed by atoms with Crippen LogP contribution in [0.4, 0.5) is 5.69 Å². The van der Waals surface area contributed by atoms with Gasteiger partial charge in [0.2, 0.25) is 0 Å². The molecule has 30 heavy (non-hydrogen) atoms. The minimum absolute atomic E-state index is 0.590. The Kier molecular flexibility index (Phi) is 5.77. The van der Waals surface area contributed by atoms with Gasteiger partial charge in [0.15, 0.2) is 11.5 Å². The standard InChI is InChI=1S/C25H23ClN2O2/c1-16-7-6-8-17-13-18(15-27-19-11-12-22(29-2)23(14-19)30-3)25(28-24(16)17)20-9-4-5-10-21(20)26/h4-14,27H,15H2,1-3H3. The summed E-state index contributed by atoms with van der Waals surface area (Å²) in [4.78, 5) is 5.01. The van der Waals surface area contributed by atoms with E-state index in [1.165, 1.54) is 0 Å². The molecule has 0 amide bonds. The monoisotopic (exact) mass is 418 g/mol. The molecule has 1 aromatic heterocycles. The quantitative estimate of drug-likeness (QED) is 0.388. The fraction of sp³-hybridized carbons (Fsp3) is 0.160. The van der Waals surface area contributed by atoms with Gasteiger partial charge in [-0.1, -0.05) is 48.0 Å². The Balaban J connectivity index is 1.76. The van der Waals surface area contributed by atoms with Crippen molar-refractivity contribution in [2.75, 3.05) is 19.5 Å². The van der Waals surface area contributed by atoms with E-state index in [9.17, 15) is 0 Å². The number of aromatic nitrogens is 1. The van der Waals surface area contributed by atoms with Crippen LogP contribution in [0.2, 0.25) is 5.02 Å². The number of pyridine rings is 1. The van der Waals surface area contributed by atoms with E-state index in [0.29, 0.717) is 23.1 Å². The zero-order chi connectivity index (χ0) is 21.1. The van der Waals surface area contributed by atoms with E-state index in [2.05, 4.69) is 36.5 Å². The maximum Gasteiger partial charge on any atom is 0.162 e. The van der Waals surface area contributed by atoms with Crippen LogP contribution in [0.5, 0.6) is 11.5 Å². The minimum atomic E-state index is 0.590. The normalized spacial score (nSPS) is 10.8. The van der Waals surface area contributed by atoms with E-state index >= 15 is 0 Å². The molecule has 4 nitrogen and oxygen atoms in total. The fourth-order valence-corrected chi connectivity index (χ4v) is 3.78. The molecule has 4 aromatic rings. The zero-order valence-corrected chi connectivity index (χ0v) is 18.0. The largest absolute Gasteiger partial charge is 0.493 e. The van der Waals surface area contributed by atoms with Crippen molar-refractivity contribution in [3.8, 4) is 22.8 Å². The molecule has 0 fully saturated rings. The molecule has 0 radical (unpaired) electrons. The molecular formula is C25H23ClN2O2. The highest BCUT2D eigenvalue weighted by molar-refractivity contribution is 6.33. The second-order valence-corrected chi connectivity index (χ2v) is 7.45. The Labute approximate surface area is 181 Å². The van der Waals surface area contributed by atoms with Gasteiger partial charge in [0.25, 0.3) is 0 Å². The highest BCUT2D eigenvalue weighted by atomic mass is 35.5. The fourth-order valence-electron chi connectivity index (χ4n) is 3.56. The number of benzene rings is 3. The number of halogens is 1. The molecular weight excluding hydrogens is 396 g/mol. The van der Waals surface area contributed by atoms with Gasteiger partial charge in [0.1, 0.15) is 0 Å². The van der Waals surface area contributed by atoms with E-state index in [-0.39, 0.29) is 0 Å². The Morgan fingerprint density at radius 1 is 0.900 bits per heavy atom. The van der Waals surface area contributed by atoms with Crippen molar-refractivity contribution in [1.82, 2.24) is 4.98 Å².